The van der Waals surface area contributed by atoms with Gasteiger partial charge in [-0.3, -0.25) is 4.79 Å². The molecule has 0 aromatic heterocycles. The Morgan fingerprint density at radius 2 is 2.14 bits per heavy atom. The largest absolute Gasteiger partial charge is 0.394 e. The molecule has 1 aromatic carbocycles. The summed E-state index contributed by atoms with van der Waals surface area (Å²) in [7, 11) is 0. The van der Waals surface area contributed by atoms with E-state index in [9.17, 15) is 9.90 Å². The SMILES string of the molecule is CC1CCCC(CO)(NC(=O)C(C)(N)c2ccccc2)C1. The minimum atomic E-state index is -1.09. The third-order valence-corrected chi connectivity index (χ3v) is 4.62. The Morgan fingerprint density at radius 1 is 1.48 bits per heavy atom. The molecule has 21 heavy (non-hydrogen) atoms. The lowest BCUT2D eigenvalue weighted by atomic mass is 9.76. The molecule has 1 aliphatic carbocycles. The Bertz CT molecular complexity index is 487. The average molecular weight is 290 g/mol. The van der Waals surface area contributed by atoms with Crippen LogP contribution in [-0.2, 0) is 10.3 Å². The van der Waals surface area contributed by atoms with Crippen molar-refractivity contribution in [1.29, 1.82) is 0 Å². The van der Waals surface area contributed by atoms with Crippen molar-refractivity contribution < 1.29 is 9.90 Å². The number of hydrogen-bond donors (Lipinski definition) is 3. The summed E-state index contributed by atoms with van der Waals surface area (Å²) in [6, 6.07) is 9.36. The smallest absolute Gasteiger partial charge is 0.244 e. The number of benzene rings is 1. The zero-order valence-corrected chi connectivity index (χ0v) is 12.9. The molecule has 3 atom stereocenters. The normalized spacial score (nSPS) is 28.7. The zero-order valence-electron chi connectivity index (χ0n) is 12.9. The number of carbonyl (C=O) groups is 1. The number of aliphatic hydroxyl groups is 1. The van der Waals surface area contributed by atoms with Gasteiger partial charge in [-0.2, -0.15) is 0 Å². The molecule has 0 radical (unpaired) electrons. The molecule has 0 bridgehead atoms. The Kier molecular flexibility index (Phi) is 4.69. The second-order valence-electron chi connectivity index (χ2n) is 6.66. The van der Waals surface area contributed by atoms with Crippen molar-refractivity contribution in [3.63, 3.8) is 0 Å². The van der Waals surface area contributed by atoms with Gasteiger partial charge in [-0.25, -0.2) is 0 Å². The summed E-state index contributed by atoms with van der Waals surface area (Å²) in [5.41, 5.74) is 5.41. The standard InChI is InChI=1S/C17H26N2O2/c1-13-7-6-10-17(11-13,12-20)19-15(21)16(2,18)14-8-4-3-5-9-14/h3-5,8-9,13,20H,6-7,10-12,18H2,1-2H3,(H,19,21). The fourth-order valence-electron chi connectivity index (χ4n) is 3.24. The van der Waals surface area contributed by atoms with E-state index in [0.717, 1.165) is 31.2 Å². The van der Waals surface area contributed by atoms with Crippen molar-refractivity contribution in [2.45, 2.75) is 50.6 Å². The Labute approximate surface area is 126 Å². The van der Waals surface area contributed by atoms with Gasteiger partial charge < -0.3 is 16.2 Å². The van der Waals surface area contributed by atoms with Crippen molar-refractivity contribution in [2.75, 3.05) is 6.61 Å². The summed E-state index contributed by atoms with van der Waals surface area (Å²) < 4.78 is 0. The minimum Gasteiger partial charge on any atom is -0.394 e. The summed E-state index contributed by atoms with van der Waals surface area (Å²) in [4.78, 5) is 12.7. The van der Waals surface area contributed by atoms with Crippen LogP contribution in [0.15, 0.2) is 30.3 Å². The summed E-state index contributed by atoms with van der Waals surface area (Å²) in [6.45, 7) is 3.84. The zero-order chi connectivity index (χ0) is 15.5. The molecule has 4 nitrogen and oxygen atoms in total. The lowest BCUT2D eigenvalue weighted by molar-refractivity contribution is -0.129. The molecule has 0 spiro atoms. The molecule has 1 fully saturated rings. The molecular formula is C17H26N2O2. The van der Waals surface area contributed by atoms with Crippen LogP contribution in [-0.4, -0.2) is 23.2 Å². The summed E-state index contributed by atoms with van der Waals surface area (Å²) in [5, 5.41) is 12.8. The minimum absolute atomic E-state index is 0.0338. The van der Waals surface area contributed by atoms with Crippen LogP contribution in [0.3, 0.4) is 0 Å². The monoisotopic (exact) mass is 290 g/mol. The predicted molar refractivity (Wildman–Crippen MR) is 83.6 cm³/mol. The number of carbonyl (C=O) groups excluding carboxylic acids is 1. The van der Waals surface area contributed by atoms with E-state index in [1.807, 2.05) is 30.3 Å². The summed E-state index contributed by atoms with van der Waals surface area (Å²) in [5.74, 6) is 0.281. The first kappa shape index (κ1) is 16.0. The molecule has 1 amide bonds. The van der Waals surface area contributed by atoms with Crippen LogP contribution in [0, 0.1) is 5.92 Å². The van der Waals surface area contributed by atoms with E-state index >= 15 is 0 Å². The number of nitrogens with one attached hydrogen (secondary N) is 1. The van der Waals surface area contributed by atoms with E-state index in [1.165, 1.54) is 0 Å². The van der Waals surface area contributed by atoms with Gasteiger partial charge in [-0.15, -0.1) is 0 Å². The van der Waals surface area contributed by atoms with Crippen molar-refractivity contribution in [2.24, 2.45) is 11.7 Å². The molecule has 116 valence electrons. The summed E-state index contributed by atoms with van der Waals surface area (Å²) >= 11 is 0. The number of hydrogen-bond acceptors (Lipinski definition) is 3. The van der Waals surface area contributed by atoms with Gasteiger partial charge in [0.25, 0.3) is 0 Å². The second kappa shape index (κ2) is 6.16. The van der Waals surface area contributed by atoms with Gasteiger partial charge in [-0.05, 0) is 31.2 Å². The highest BCUT2D eigenvalue weighted by Crippen LogP contribution is 2.33. The molecule has 2 rings (SSSR count). The van der Waals surface area contributed by atoms with Crippen LogP contribution < -0.4 is 11.1 Å². The first-order valence-corrected chi connectivity index (χ1v) is 7.67. The Morgan fingerprint density at radius 3 is 2.71 bits per heavy atom. The van der Waals surface area contributed by atoms with E-state index < -0.39 is 11.1 Å². The quantitative estimate of drug-likeness (QED) is 0.793. The topological polar surface area (TPSA) is 75.3 Å². The van der Waals surface area contributed by atoms with E-state index in [-0.39, 0.29) is 12.5 Å². The predicted octanol–water partition coefficient (Wildman–Crippen LogP) is 1.92. The van der Waals surface area contributed by atoms with Gasteiger partial charge in [-0.1, -0.05) is 50.1 Å². The lowest BCUT2D eigenvalue weighted by Crippen LogP contribution is -2.60. The maximum absolute atomic E-state index is 12.7. The third-order valence-electron chi connectivity index (χ3n) is 4.62. The van der Waals surface area contributed by atoms with Crippen LogP contribution in [0.1, 0.15) is 45.1 Å². The maximum atomic E-state index is 12.7. The molecule has 4 heteroatoms. The molecular weight excluding hydrogens is 264 g/mol. The average Bonchev–Trinajstić information content (AvgIpc) is 2.48. The van der Waals surface area contributed by atoms with E-state index in [4.69, 9.17) is 5.73 Å². The van der Waals surface area contributed by atoms with Gasteiger partial charge in [0.2, 0.25) is 5.91 Å². The van der Waals surface area contributed by atoms with Crippen molar-refractivity contribution in [3.05, 3.63) is 35.9 Å². The Balaban J connectivity index is 2.16. The van der Waals surface area contributed by atoms with Crippen molar-refractivity contribution >= 4 is 5.91 Å². The third kappa shape index (κ3) is 3.44. The van der Waals surface area contributed by atoms with Crippen LogP contribution in [0.4, 0.5) is 0 Å². The van der Waals surface area contributed by atoms with Crippen LogP contribution >= 0.6 is 0 Å². The van der Waals surface area contributed by atoms with E-state index in [0.29, 0.717) is 5.92 Å². The van der Waals surface area contributed by atoms with Crippen molar-refractivity contribution in [1.82, 2.24) is 5.32 Å². The fraction of sp³-hybridized carbons (Fsp3) is 0.588. The van der Waals surface area contributed by atoms with E-state index in [1.54, 1.807) is 6.92 Å². The number of rotatable bonds is 4. The van der Waals surface area contributed by atoms with Crippen LogP contribution in [0.25, 0.3) is 0 Å². The van der Waals surface area contributed by atoms with Crippen LogP contribution in [0.2, 0.25) is 0 Å². The van der Waals surface area contributed by atoms with Crippen molar-refractivity contribution in [3.8, 4) is 0 Å². The molecule has 4 N–H and O–H groups in total. The molecule has 0 aliphatic heterocycles. The molecule has 3 unspecified atom stereocenters. The Hall–Kier alpha value is -1.39. The van der Waals surface area contributed by atoms with Crippen LogP contribution in [0.5, 0.6) is 0 Å². The molecule has 0 heterocycles. The maximum Gasteiger partial charge on any atom is 0.244 e. The number of amides is 1. The van der Waals surface area contributed by atoms with Gasteiger partial charge >= 0.3 is 0 Å². The fourth-order valence-corrected chi connectivity index (χ4v) is 3.24. The summed E-state index contributed by atoms with van der Waals surface area (Å²) in [6.07, 6.45) is 3.79. The van der Waals surface area contributed by atoms with Gasteiger partial charge in [0.15, 0.2) is 0 Å². The van der Waals surface area contributed by atoms with Gasteiger partial charge in [0, 0.05) is 0 Å². The number of aliphatic hydroxyl groups excluding tert-OH is 1. The first-order chi connectivity index (χ1) is 9.89. The van der Waals surface area contributed by atoms with E-state index in [2.05, 4.69) is 12.2 Å². The van der Waals surface area contributed by atoms with Gasteiger partial charge in [0.1, 0.15) is 5.54 Å². The second-order valence-corrected chi connectivity index (χ2v) is 6.66. The highest BCUT2D eigenvalue weighted by Gasteiger charge is 2.40. The molecule has 0 saturated heterocycles. The van der Waals surface area contributed by atoms with Gasteiger partial charge in [0.05, 0.1) is 12.1 Å². The first-order valence-electron chi connectivity index (χ1n) is 7.67. The molecule has 1 saturated carbocycles. The number of nitrogens with two attached hydrogens (primary N) is 1. The lowest BCUT2D eigenvalue weighted by Gasteiger charge is -2.41. The highest BCUT2D eigenvalue weighted by atomic mass is 16.3. The molecule has 1 aromatic rings. The molecule has 1 aliphatic rings. The highest BCUT2D eigenvalue weighted by molar-refractivity contribution is 5.87.